The average molecular weight is 372 g/mol. The third kappa shape index (κ3) is 5.04. The summed E-state index contributed by atoms with van der Waals surface area (Å²) in [5.74, 6) is 1.66. The van der Waals surface area contributed by atoms with Crippen molar-refractivity contribution in [2.45, 2.75) is 52.4 Å². The number of para-hydroxylation sites is 1. The second kappa shape index (κ2) is 8.64. The highest BCUT2D eigenvalue weighted by atomic mass is 16.1. The second-order valence-corrected chi connectivity index (χ2v) is 9.41. The van der Waals surface area contributed by atoms with Gasteiger partial charge in [-0.05, 0) is 54.6 Å². The van der Waals surface area contributed by atoms with Gasteiger partial charge in [0.1, 0.15) is 0 Å². The van der Waals surface area contributed by atoms with Crippen LogP contribution in [0.1, 0.15) is 57.9 Å². The van der Waals surface area contributed by atoms with E-state index >= 15 is 0 Å². The summed E-state index contributed by atoms with van der Waals surface area (Å²) in [6, 6.07) is 9.04. The molecule has 1 aliphatic heterocycles. The van der Waals surface area contributed by atoms with Crippen LogP contribution in [0.4, 0.5) is 5.69 Å². The van der Waals surface area contributed by atoms with E-state index in [1.807, 2.05) is 0 Å². The molecule has 0 bridgehead atoms. The van der Waals surface area contributed by atoms with Crippen molar-refractivity contribution in [2.24, 2.45) is 11.3 Å². The first-order valence-corrected chi connectivity index (χ1v) is 10.7. The summed E-state index contributed by atoms with van der Waals surface area (Å²) >= 11 is 0. The van der Waals surface area contributed by atoms with E-state index in [1.54, 1.807) is 12.6 Å². The number of piperazine rings is 1. The minimum Gasteiger partial charge on any atom is -0.369 e. The summed E-state index contributed by atoms with van der Waals surface area (Å²) in [5.41, 5.74) is 3.41. The van der Waals surface area contributed by atoms with Gasteiger partial charge in [0.15, 0.2) is 0 Å². The number of amides is 1. The highest BCUT2D eigenvalue weighted by Crippen LogP contribution is 2.45. The summed E-state index contributed by atoms with van der Waals surface area (Å²) in [6.07, 6.45) is 5.33. The molecule has 1 saturated heterocycles. The van der Waals surface area contributed by atoms with Gasteiger partial charge in [0.2, 0.25) is 5.91 Å². The Morgan fingerprint density at radius 1 is 1.04 bits per heavy atom. The predicted molar refractivity (Wildman–Crippen MR) is 113 cm³/mol. The fraction of sp³-hybridized carbons (Fsp3) is 0.696. The molecule has 2 fully saturated rings. The van der Waals surface area contributed by atoms with Crippen LogP contribution in [0, 0.1) is 11.3 Å². The normalized spacial score (nSPS) is 24.7. The molecule has 1 saturated carbocycles. The fourth-order valence-electron chi connectivity index (χ4n) is 4.82. The summed E-state index contributed by atoms with van der Waals surface area (Å²) < 4.78 is 0. The molecule has 1 heterocycles. The van der Waals surface area contributed by atoms with Crippen LogP contribution in [-0.2, 0) is 4.79 Å². The molecule has 27 heavy (non-hydrogen) atoms. The van der Waals surface area contributed by atoms with E-state index in [2.05, 4.69) is 60.2 Å². The van der Waals surface area contributed by atoms with Crippen molar-refractivity contribution < 1.29 is 4.79 Å². The Hall–Kier alpha value is -1.55. The van der Waals surface area contributed by atoms with Gasteiger partial charge in [-0.25, -0.2) is 0 Å². The Bertz CT molecular complexity index is 621. The van der Waals surface area contributed by atoms with E-state index in [1.165, 1.54) is 31.4 Å². The number of nitrogens with one attached hydrogen (secondary N) is 1. The van der Waals surface area contributed by atoms with Crippen molar-refractivity contribution in [3.05, 3.63) is 29.8 Å². The number of anilines is 1. The molecule has 4 nitrogen and oxygen atoms in total. The van der Waals surface area contributed by atoms with Gasteiger partial charge in [0.25, 0.3) is 0 Å². The Morgan fingerprint density at radius 3 is 2.26 bits per heavy atom. The molecular formula is C23H37N3O. The Kier molecular flexibility index (Phi) is 6.46. The zero-order valence-corrected chi connectivity index (χ0v) is 17.6. The van der Waals surface area contributed by atoms with Crippen LogP contribution in [0.3, 0.4) is 0 Å². The van der Waals surface area contributed by atoms with Gasteiger partial charge in [-0.3, -0.25) is 9.69 Å². The first-order valence-electron chi connectivity index (χ1n) is 10.7. The van der Waals surface area contributed by atoms with Crippen molar-refractivity contribution in [3.63, 3.8) is 0 Å². The van der Waals surface area contributed by atoms with Crippen molar-refractivity contribution in [1.29, 1.82) is 0 Å². The third-order valence-corrected chi connectivity index (χ3v) is 6.69. The lowest BCUT2D eigenvalue weighted by Crippen LogP contribution is -2.49. The molecule has 2 aliphatic rings. The number of hydrogen-bond donors (Lipinski definition) is 1. The molecule has 0 atom stereocenters. The Morgan fingerprint density at radius 2 is 1.67 bits per heavy atom. The quantitative estimate of drug-likeness (QED) is 0.872. The number of benzene rings is 1. The second-order valence-electron chi connectivity index (χ2n) is 9.41. The van der Waals surface area contributed by atoms with E-state index in [0.717, 1.165) is 32.1 Å². The lowest BCUT2D eigenvalue weighted by Gasteiger charge is -2.40. The molecule has 0 radical (unpaired) electrons. The summed E-state index contributed by atoms with van der Waals surface area (Å²) in [4.78, 5) is 16.4. The van der Waals surface area contributed by atoms with Gasteiger partial charge < -0.3 is 10.2 Å². The molecule has 150 valence electrons. The van der Waals surface area contributed by atoms with E-state index < -0.39 is 0 Å². The maximum absolute atomic E-state index is 11.6. The van der Waals surface area contributed by atoms with Gasteiger partial charge in [0.05, 0.1) is 6.54 Å². The van der Waals surface area contributed by atoms with Gasteiger partial charge in [-0.2, -0.15) is 0 Å². The molecule has 0 aromatic heterocycles. The van der Waals surface area contributed by atoms with E-state index in [-0.39, 0.29) is 5.91 Å². The third-order valence-electron chi connectivity index (χ3n) is 6.69. The number of rotatable bonds is 4. The summed E-state index contributed by atoms with van der Waals surface area (Å²) in [7, 11) is 1.71. The van der Waals surface area contributed by atoms with Crippen LogP contribution in [0.5, 0.6) is 0 Å². The largest absolute Gasteiger partial charge is 0.369 e. The molecule has 0 spiro atoms. The first-order chi connectivity index (χ1) is 12.9. The molecular weight excluding hydrogens is 334 g/mol. The van der Waals surface area contributed by atoms with Gasteiger partial charge in [-0.1, -0.05) is 39.0 Å². The molecule has 4 heteroatoms. The topological polar surface area (TPSA) is 35.6 Å². The van der Waals surface area contributed by atoms with Crippen LogP contribution in [0.2, 0.25) is 0 Å². The fourth-order valence-corrected chi connectivity index (χ4v) is 4.82. The summed E-state index contributed by atoms with van der Waals surface area (Å²) in [6.45, 7) is 11.6. The number of hydrogen-bond acceptors (Lipinski definition) is 3. The molecule has 3 rings (SSSR count). The van der Waals surface area contributed by atoms with Crippen molar-refractivity contribution >= 4 is 11.6 Å². The minimum atomic E-state index is 0.111. The summed E-state index contributed by atoms with van der Waals surface area (Å²) in [5, 5.41) is 2.73. The molecule has 1 amide bonds. The molecule has 1 N–H and O–H groups in total. The Balaban J connectivity index is 1.63. The zero-order chi connectivity index (χ0) is 19.4. The zero-order valence-electron chi connectivity index (χ0n) is 17.6. The Labute approximate surface area is 165 Å². The molecule has 1 aromatic carbocycles. The number of likely N-dealkylation sites (N-methyl/N-ethyl adjacent to an activating group) is 1. The minimum absolute atomic E-state index is 0.111. The van der Waals surface area contributed by atoms with Crippen molar-refractivity contribution in [2.75, 3.05) is 44.7 Å². The average Bonchev–Trinajstić information content (AvgIpc) is 2.68. The maximum Gasteiger partial charge on any atom is 0.233 e. The van der Waals surface area contributed by atoms with E-state index in [0.29, 0.717) is 17.9 Å². The van der Waals surface area contributed by atoms with Gasteiger partial charge in [0, 0.05) is 38.9 Å². The van der Waals surface area contributed by atoms with Gasteiger partial charge in [-0.15, -0.1) is 0 Å². The van der Waals surface area contributed by atoms with Crippen molar-refractivity contribution in [1.82, 2.24) is 10.2 Å². The number of carbonyl (C=O) groups excluding carboxylic acids is 1. The van der Waals surface area contributed by atoms with E-state index in [4.69, 9.17) is 0 Å². The standard InChI is InChI=1S/C23H37N3O/c1-23(2,3)19-11-9-18(10-12-19)20-7-5-6-8-21(20)26-15-13-25(14-16-26)17-22(27)24-4/h5-8,18-19H,9-17H2,1-4H3,(H,24,27). The lowest BCUT2D eigenvalue weighted by atomic mass is 9.68. The highest BCUT2D eigenvalue weighted by Gasteiger charge is 2.31. The van der Waals surface area contributed by atoms with Crippen LogP contribution < -0.4 is 10.2 Å². The maximum atomic E-state index is 11.6. The number of carbonyl (C=O) groups is 1. The number of nitrogens with zero attached hydrogens (tertiary/aromatic N) is 2. The smallest absolute Gasteiger partial charge is 0.233 e. The van der Waals surface area contributed by atoms with Crippen LogP contribution >= 0.6 is 0 Å². The first kappa shape index (κ1) is 20.2. The highest BCUT2D eigenvalue weighted by molar-refractivity contribution is 5.77. The lowest BCUT2D eigenvalue weighted by molar-refractivity contribution is -0.121. The van der Waals surface area contributed by atoms with Gasteiger partial charge >= 0.3 is 0 Å². The molecule has 0 unspecified atom stereocenters. The molecule has 1 aromatic rings. The van der Waals surface area contributed by atoms with E-state index in [9.17, 15) is 4.79 Å². The van der Waals surface area contributed by atoms with Crippen molar-refractivity contribution in [3.8, 4) is 0 Å². The molecule has 1 aliphatic carbocycles. The van der Waals surface area contributed by atoms with Crippen LogP contribution in [-0.4, -0.2) is 50.6 Å². The predicted octanol–water partition coefficient (Wildman–Crippen LogP) is 3.87. The SMILES string of the molecule is CNC(=O)CN1CCN(c2ccccc2C2CCC(C(C)(C)C)CC2)CC1. The van der Waals surface area contributed by atoms with Crippen LogP contribution in [0.25, 0.3) is 0 Å². The van der Waals surface area contributed by atoms with Crippen LogP contribution in [0.15, 0.2) is 24.3 Å². The monoisotopic (exact) mass is 371 g/mol.